The minimum Gasteiger partial charge on any atom is -0.310 e. The molecule has 0 bridgehead atoms. The second-order valence-electron chi connectivity index (χ2n) is 19.7. The lowest BCUT2D eigenvalue weighted by Gasteiger charge is -2.28. The molecule has 0 unspecified atom stereocenters. The van der Waals surface area contributed by atoms with Gasteiger partial charge in [0.1, 0.15) is 0 Å². The fourth-order valence-electron chi connectivity index (χ4n) is 11.8. The standard InChI is InChI=1S/C69H49N3/c1-69(2)62-25-15-14-24-59(62)60-41-40-57(45-63(60)69)70(55-36-30-48(31-37-55)46-16-6-3-7-17-46)56-38-32-49(33-39-56)47-26-28-50(29-27-47)52-35-42-64-61(44-52)67-68(71(64)53-19-8-4-9-20-53)66-58-23-13-12-18-51(58)34-43-65(66)72(67)54-21-10-5-11-22-54/h3-45H,1-2H3. The van der Waals surface area contributed by atoms with Gasteiger partial charge in [-0.2, -0.15) is 0 Å². The van der Waals surface area contributed by atoms with Crippen molar-refractivity contribution in [2.45, 2.75) is 19.3 Å². The summed E-state index contributed by atoms with van der Waals surface area (Å²) < 4.78 is 4.95. The molecule has 3 heteroatoms. The van der Waals surface area contributed by atoms with Gasteiger partial charge >= 0.3 is 0 Å². The Morgan fingerprint density at radius 3 is 1.44 bits per heavy atom. The third kappa shape index (κ3) is 6.58. The Kier molecular flexibility index (Phi) is 9.56. The zero-order valence-corrected chi connectivity index (χ0v) is 40.2. The number of nitrogens with zero attached hydrogens (tertiary/aromatic N) is 3. The molecule has 0 aliphatic heterocycles. The second kappa shape index (κ2) is 16.5. The number of rotatable bonds is 8. The molecule has 0 saturated carbocycles. The summed E-state index contributed by atoms with van der Waals surface area (Å²) in [5.41, 5.74) is 22.9. The van der Waals surface area contributed by atoms with Crippen molar-refractivity contribution in [1.29, 1.82) is 0 Å². The van der Waals surface area contributed by atoms with Crippen molar-refractivity contribution in [3.63, 3.8) is 0 Å². The first-order chi connectivity index (χ1) is 35.5. The molecule has 13 aromatic rings. The minimum absolute atomic E-state index is 0.108. The van der Waals surface area contributed by atoms with Gasteiger partial charge in [-0.05, 0) is 145 Å². The maximum Gasteiger partial charge on any atom is 0.0810 e. The Balaban J connectivity index is 0.853. The quantitative estimate of drug-likeness (QED) is 0.148. The molecule has 1 aliphatic carbocycles. The van der Waals surface area contributed by atoms with E-state index in [1.165, 1.54) is 99.2 Å². The van der Waals surface area contributed by atoms with E-state index in [0.29, 0.717) is 0 Å². The molecule has 0 amide bonds. The summed E-state index contributed by atoms with van der Waals surface area (Å²) in [5, 5.41) is 4.96. The average molecular weight is 920 g/mol. The van der Waals surface area contributed by atoms with Crippen molar-refractivity contribution in [2.75, 3.05) is 4.90 Å². The lowest BCUT2D eigenvalue weighted by molar-refractivity contribution is 0.660. The smallest absolute Gasteiger partial charge is 0.0810 e. The zero-order chi connectivity index (χ0) is 47.9. The van der Waals surface area contributed by atoms with Gasteiger partial charge in [0, 0.05) is 44.6 Å². The Hall–Kier alpha value is -9.18. The van der Waals surface area contributed by atoms with Gasteiger partial charge in [0.05, 0.1) is 22.1 Å². The summed E-state index contributed by atoms with van der Waals surface area (Å²) in [6.45, 7) is 4.71. The predicted octanol–water partition coefficient (Wildman–Crippen LogP) is 18.7. The van der Waals surface area contributed by atoms with Gasteiger partial charge in [-0.1, -0.05) is 196 Å². The highest BCUT2D eigenvalue weighted by Gasteiger charge is 2.36. The van der Waals surface area contributed by atoms with E-state index in [1.54, 1.807) is 0 Å². The summed E-state index contributed by atoms with van der Waals surface area (Å²) in [7, 11) is 0. The molecule has 0 saturated heterocycles. The van der Waals surface area contributed by atoms with Crippen LogP contribution in [-0.2, 0) is 5.41 Å². The van der Waals surface area contributed by atoms with E-state index in [2.05, 4.69) is 289 Å². The molecule has 0 N–H and O–H groups in total. The van der Waals surface area contributed by atoms with Crippen molar-refractivity contribution in [3.05, 3.63) is 272 Å². The number of para-hydroxylation sites is 2. The molecule has 11 aromatic carbocycles. The van der Waals surface area contributed by atoms with E-state index in [9.17, 15) is 0 Å². The number of fused-ring (bicyclic) bond motifs is 10. The van der Waals surface area contributed by atoms with Crippen LogP contribution in [0.5, 0.6) is 0 Å². The fraction of sp³-hybridized carbons (Fsp3) is 0.0435. The van der Waals surface area contributed by atoms with Crippen molar-refractivity contribution in [1.82, 2.24) is 9.13 Å². The zero-order valence-electron chi connectivity index (χ0n) is 40.2. The van der Waals surface area contributed by atoms with Crippen molar-refractivity contribution >= 4 is 60.7 Å². The first-order valence-electron chi connectivity index (χ1n) is 25.0. The summed E-state index contributed by atoms with van der Waals surface area (Å²) in [6.07, 6.45) is 0. The highest BCUT2D eigenvalue weighted by molar-refractivity contribution is 6.27. The van der Waals surface area contributed by atoms with E-state index >= 15 is 0 Å². The molecule has 3 nitrogen and oxygen atoms in total. The normalized spacial score (nSPS) is 12.7. The van der Waals surface area contributed by atoms with E-state index in [4.69, 9.17) is 0 Å². The van der Waals surface area contributed by atoms with Crippen LogP contribution >= 0.6 is 0 Å². The van der Waals surface area contributed by atoms with Crippen LogP contribution in [0.2, 0.25) is 0 Å². The first kappa shape index (κ1) is 41.8. The fourth-order valence-corrected chi connectivity index (χ4v) is 11.8. The molecule has 0 fully saturated rings. The molecule has 0 spiro atoms. The highest BCUT2D eigenvalue weighted by Crippen LogP contribution is 2.51. The van der Waals surface area contributed by atoms with Gasteiger partial charge < -0.3 is 14.0 Å². The Morgan fingerprint density at radius 1 is 0.319 bits per heavy atom. The van der Waals surface area contributed by atoms with Crippen LogP contribution in [0.3, 0.4) is 0 Å². The Labute approximate surface area is 419 Å². The van der Waals surface area contributed by atoms with Crippen LogP contribution in [-0.4, -0.2) is 9.13 Å². The molecular weight excluding hydrogens is 871 g/mol. The van der Waals surface area contributed by atoms with Crippen molar-refractivity contribution < 1.29 is 0 Å². The van der Waals surface area contributed by atoms with Gasteiger partial charge in [0.25, 0.3) is 0 Å². The largest absolute Gasteiger partial charge is 0.310 e. The second-order valence-corrected chi connectivity index (χ2v) is 19.7. The topological polar surface area (TPSA) is 13.1 Å². The van der Waals surface area contributed by atoms with Crippen LogP contribution in [0, 0.1) is 0 Å². The highest BCUT2D eigenvalue weighted by atomic mass is 15.1. The maximum atomic E-state index is 2.47. The van der Waals surface area contributed by atoms with Crippen LogP contribution in [0.25, 0.3) is 99.5 Å². The SMILES string of the molecule is CC1(C)c2ccccc2-c2ccc(N(c3ccc(-c4ccccc4)cc3)c3ccc(-c4ccc(-c5ccc6c(c5)c5c(c7c8ccccc8ccc7n5-c5ccccc5)n6-c5ccccc5)cc4)cc3)cc21. The summed E-state index contributed by atoms with van der Waals surface area (Å²) >= 11 is 0. The third-order valence-corrected chi connectivity index (χ3v) is 15.3. The van der Waals surface area contributed by atoms with E-state index < -0.39 is 0 Å². The maximum absolute atomic E-state index is 2.47. The van der Waals surface area contributed by atoms with Crippen molar-refractivity contribution in [3.8, 4) is 55.9 Å². The molecule has 1 aliphatic rings. The van der Waals surface area contributed by atoms with Crippen molar-refractivity contribution in [2.24, 2.45) is 0 Å². The van der Waals surface area contributed by atoms with Crippen LogP contribution in [0.15, 0.2) is 261 Å². The number of hydrogen-bond acceptors (Lipinski definition) is 1. The predicted molar refractivity (Wildman–Crippen MR) is 304 cm³/mol. The van der Waals surface area contributed by atoms with E-state index in [0.717, 1.165) is 28.4 Å². The number of benzene rings is 11. The Morgan fingerprint density at radius 2 is 0.792 bits per heavy atom. The van der Waals surface area contributed by atoms with E-state index in [-0.39, 0.29) is 5.41 Å². The monoisotopic (exact) mass is 919 g/mol. The number of aromatic nitrogens is 2. The van der Waals surface area contributed by atoms with Crippen LogP contribution < -0.4 is 4.90 Å². The van der Waals surface area contributed by atoms with Gasteiger partial charge in [-0.25, -0.2) is 0 Å². The van der Waals surface area contributed by atoms with Gasteiger partial charge in [0.15, 0.2) is 0 Å². The third-order valence-electron chi connectivity index (χ3n) is 15.3. The number of hydrogen-bond donors (Lipinski definition) is 0. The average Bonchev–Trinajstić information content (AvgIpc) is 4.04. The first-order valence-corrected chi connectivity index (χ1v) is 25.0. The van der Waals surface area contributed by atoms with Crippen LogP contribution in [0.4, 0.5) is 17.1 Å². The van der Waals surface area contributed by atoms with Gasteiger partial charge in [-0.15, -0.1) is 0 Å². The number of anilines is 3. The van der Waals surface area contributed by atoms with Crippen LogP contribution in [0.1, 0.15) is 25.0 Å². The molecule has 0 atom stereocenters. The molecule has 14 rings (SSSR count). The molecule has 0 radical (unpaired) electrons. The molecule has 2 aromatic heterocycles. The van der Waals surface area contributed by atoms with Gasteiger partial charge in [0.2, 0.25) is 0 Å². The van der Waals surface area contributed by atoms with Gasteiger partial charge in [-0.3, -0.25) is 0 Å². The molecular formula is C69H49N3. The summed E-state index contributed by atoms with van der Waals surface area (Å²) in [4.78, 5) is 2.40. The lowest BCUT2D eigenvalue weighted by Crippen LogP contribution is -2.16. The molecule has 2 heterocycles. The van der Waals surface area contributed by atoms with E-state index in [1.807, 2.05) is 0 Å². The Bertz CT molecular complexity index is 4150. The summed E-state index contributed by atoms with van der Waals surface area (Å²) in [6, 6.07) is 95.7. The lowest BCUT2D eigenvalue weighted by atomic mass is 9.82. The molecule has 72 heavy (non-hydrogen) atoms. The minimum atomic E-state index is -0.108. The summed E-state index contributed by atoms with van der Waals surface area (Å²) in [5.74, 6) is 0. The molecule has 340 valence electrons.